The van der Waals surface area contributed by atoms with Crippen LogP contribution in [0.1, 0.15) is 51.5 Å². The van der Waals surface area contributed by atoms with Gasteiger partial charge in [-0.25, -0.2) is 9.59 Å². The zero-order valence-corrected chi connectivity index (χ0v) is 47.6. The average molecular weight is 1190 g/mol. The van der Waals surface area contributed by atoms with E-state index in [1.54, 1.807) is 33.1 Å². The fourth-order valence-corrected chi connectivity index (χ4v) is 7.26. The minimum atomic E-state index is -1.28. The first-order chi connectivity index (χ1) is 40.5. The van der Waals surface area contributed by atoms with Crippen molar-refractivity contribution < 1.29 is 95.4 Å². The largest absolute Gasteiger partial charge is 0.514 e. The summed E-state index contributed by atoms with van der Waals surface area (Å²) in [6, 6.07) is 6.48. The van der Waals surface area contributed by atoms with Crippen LogP contribution in [0.4, 0.5) is 21.0 Å². The van der Waals surface area contributed by atoms with E-state index in [1.165, 1.54) is 24.3 Å². The number of nitro groups is 1. The van der Waals surface area contributed by atoms with Crippen molar-refractivity contribution in [3.63, 3.8) is 0 Å². The molecule has 1 aliphatic heterocycles. The van der Waals surface area contributed by atoms with Gasteiger partial charge in [-0.2, -0.15) is 0 Å². The predicted molar refractivity (Wildman–Crippen MR) is 297 cm³/mol. The van der Waals surface area contributed by atoms with Crippen LogP contribution in [0.25, 0.3) is 0 Å². The van der Waals surface area contributed by atoms with Crippen molar-refractivity contribution in [1.29, 1.82) is 0 Å². The summed E-state index contributed by atoms with van der Waals surface area (Å²) in [5, 5.41) is 26.6. The molecule has 2 aromatic rings. The van der Waals surface area contributed by atoms with E-state index in [1.807, 2.05) is 0 Å². The molecule has 0 saturated carbocycles. The van der Waals surface area contributed by atoms with Crippen molar-refractivity contribution >= 4 is 64.9 Å². The second-order valence-electron chi connectivity index (χ2n) is 18.5. The van der Waals surface area contributed by atoms with Crippen LogP contribution in [0.15, 0.2) is 60.7 Å². The summed E-state index contributed by atoms with van der Waals surface area (Å²) in [5.74, 6) is -5.10. The highest BCUT2D eigenvalue weighted by molar-refractivity contribution is 6.13. The highest BCUT2D eigenvalue weighted by atomic mass is 16.7. The molecule has 0 fully saturated rings. The van der Waals surface area contributed by atoms with Gasteiger partial charge in [0.05, 0.1) is 104 Å². The summed E-state index contributed by atoms with van der Waals surface area (Å²) in [5.41, 5.74) is 5.81. The lowest BCUT2D eigenvalue weighted by Crippen LogP contribution is -2.55. The summed E-state index contributed by atoms with van der Waals surface area (Å²) in [6.45, 7) is 8.59. The van der Waals surface area contributed by atoms with Crippen molar-refractivity contribution in [2.75, 3.05) is 131 Å². The first-order valence-corrected chi connectivity index (χ1v) is 27.2. The lowest BCUT2D eigenvalue weighted by atomic mass is 10.0. The van der Waals surface area contributed by atoms with Crippen LogP contribution in [-0.2, 0) is 82.8 Å². The van der Waals surface area contributed by atoms with E-state index in [9.17, 15) is 53.3 Å². The molecule has 0 saturated heterocycles. The number of imide groups is 1. The van der Waals surface area contributed by atoms with Crippen LogP contribution in [0.5, 0.6) is 5.75 Å². The number of amides is 9. The Hall–Kier alpha value is -7.71. The highest BCUT2D eigenvalue weighted by Crippen LogP contribution is 2.19. The number of hydrogen-bond acceptors (Lipinski definition) is 21. The van der Waals surface area contributed by atoms with Crippen LogP contribution in [0.2, 0.25) is 0 Å². The van der Waals surface area contributed by atoms with E-state index >= 15 is 0 Å². The van der Waals surface area contributed by atoms with Crippen LogP contribution >= 0.6 is 0 Å². The number of hydrogen-bond donors (Lipinski definition) is 7. The number of nitrogens with zero attached hydrogens (tertiary/aromatic N) is 2. The molecule has 0 unspecified atom stereocenters. The van der Waals surface area contributed by atoms with Crippen molar-refractivity contribution in [1.82, 2.24) is 31.5 Å². The van der Waals surface area contributed by atoms with Crippen molar-refractivity contribution in [3.8, 4) is 5.75 Å². The average Bonchev–Trinajstić information content (AvgIpc) is 3.95. The molecule has 0 bridgehead atoms. The van der Waals surface area contributed by atoms with Crippen LogP contribution in [0, 0.1) is 16.0 Å². The predicted octanol–water partition coefficient (Wildman–Crippen LogP) is 0.782. The van der Waals surface area contributed by atoms with E-state index in [0.717, 1.165) is 29.2 Å². The number of benzene rings is 2. The van der Waals surface area contributed by atoms with Gasteiger partial charge in [0.1, 0.15) is 30.5 Å². The summed E-state index contributed by atoms with van der Waals surface area (Å²) in [4.78, 5) is 126. The first-order valence-electron chi connectivity index (χ1n) is 27.2. The number of nitro benzene ring substituents is 1. The maximum absolute atomic E-state index is 13.9. The van der Waals surface area contributed by atoms with E-state index < -0.39 is 82.5 Å². The number of carbonyl (C=O) groups excluding carboxylic acids is 9. The molecule has 0 radical (unpaired) electrons. The molecule has 0 aliphatic carbocycles. The quantitative estimate of drug-likeness (QED) is 0.0120. The number of rotatable bonds is 46. The van der Waals surface area contributed by atoms with Gasteiger partial charge in [0, 0.05) is 69.6 Å². The van der Waals surface area contributed by atoms with E-state index in [4.69, 9.17) is 53.1 Å². The number of anilines is 1. The minimum absolute atomic E-state index is 0.0163. The minimum Gasteiger partial charge on any atom is -0.429 e. The Morgan fingerprint density at radius 1 is 0.595 bits per heavy atom. The third kappa shape index (κ3) is 31.1. The molecule has 3 rings (SSSR count). The number of nitrogens with one attached hydrogen (secondary N) is 6. The van der Waals surface area contributed by atoms with Gasteiger partial charge in [0.2, 0.25) is 29.5 Å². The fraction of sp³-hybridized carbons (Fsp3) is 0.574. The van der Waals surface area contributed by atoms with Gasteiger partial charge >= 0.3 is 12.2 Å². The summed E-state index contributed by atoms with van der Waals surface area (Å²) in [7, 11) is 1.61. The molecule has 8 N–H and O–H groups in total. The second kappa shape index (κ2) is 42.1. The molecule has 1 heterocycles. The molecular weight excluding hydrogens is 1110 g/mol. The molecule has 0 aromatic heterocycles. The number of non-ortho nitro benzene ring substituents is 1. The monoisotopic (exact) mass is 1190 g/mol. The molecule has 466 valence electrons. The Bertz CT molecular complexity index is 2380. The van der Waals surface area contributed by atoms with E-state index in [-0.39, 0.29) is 89.6 Å². The zero-order chi connectivity index (χ0) is 61.3. The number of ether oxygens (including phenoxy) is 10. The molecule has 3 atom stereocenters. The van der Waals surface area contributed by atoms with E-state index in [2.05, 4.69) is 31.9 Å². The number of methoxy groups -OCH3 is 1. The molecule has 30 heteroatoms. The van der Waals surface area contributed by atoms with Gasteiger partial charge in [-0.05, 0) is 55.0 Å². The Morgan fingerprint density at radius 2 is 1.11 bits per heavy atom. The molecule has 2 aromatic carbocycles. The van der Waals surface area contributed by atoms with Gasteiger partial charge in [0.25, 0.3) is 17.5 Å². The number of primary amides is 1. The lowest BCUT2D eigenvalue weighted by molar-refractivity contribution is -0.384. The fourth-order valence-electron chi connectivity index (χ4n) is 7.26. The number of urea groups is 1. The van der Waals surface area contributed by atoms with Gasteiger partial charge in [-0.3, -0.25) is 48.6 Å². The van der Waals surface area contributed by atoms with Crippen molar-refractivity contribution in [2.24, 2.45) is 11.7 Å². The SMILES string of the molecule is COCCOCCOCCOCCOCCOCCOCCOCCNC(=O)[C@H](CCC(=O)N[C@H](C(=O)N[C@@H](CCCNC(N)=O)C(=O)Nc1ccc(COC(=O)Oc2ccc([N+](=O)[O-])cc2)cc1)C(C)C)NC(=O)CCN1C(=O)C=CC1=O. The maximum atomic E-state index is 13.9. The second-order valence-corrected chi connectivity index (χ2v) is 18.5. The van der Waals surface area contributed by atoms with Crippen LogP contribution < -0.4 is 42.4 Å². The van der Waals surface area contributed by atoms with Crippen molar-refractivity contribution in [2.45, 2.75) is 70.7 Å². The number of nitrogens with two attached hydrogens (primary N) is 1. The Morgan fingerprint density at radius 3 is 1.62 bits per heavy atom. The van der Waals surface area contributed by atoms with Gasteiger partial charge in [-0.15, -0.1) is 0 Å². The molecule has 84 heavy (non-hydrogen) atoms. The van der Waals surface area contributed by atoms with Gasteiger partial charge in [0.15, 0.2) is 0 Å². The summed E-state index contributed by atoms with van der Waals surface area (Å²) >= 11 is 0. The Balaban J connectivity index is 1.45. The molecule has 9 amide bonds. The molecule has 0 spiro atoms. The Labute approximate surface area is 486 Å². The zero-order valence-electron chi connectivity index (χ0n) is 47.6. The Kier molecular flexibility index (Phi) is 35.4. The summed E-state index contributed by atoms with van der Waals surface area (Å²) < 4.78 is 53.3. The number of carbonyl (C=O) groups is 9. The normalized spacial score (nSPS) is 13.0. The lowest BCUT2D eigenvalue weighted by Gasteiger charge is -2.26. The third-order valence-corrected chi connectivity index (χ3v) is 11.7. The summed E-state index contributed by atoms with van der Waals surface area (Å²) in [6.07, 6.45) is 0.347. The first kappa shape index (κ1) is 70.6. The molecule has 30 nitrogen and oxygen atoms in total. The van der Waals surface area contributed by atoms with Crippen molar-refractivity contribution in [3.05, 3.63) is 76.4 Å². The van der Waals surface area contributed by atoms with Gasteiger partial charge < -0.3 is 85.0 Å². The van der Waals surface area contributed by atoms with Crippen LogP contribution in [0.3, 0.4) is 0 Å². The highest BCUT2D eigenvalue weighted by Gasteiger charge is 2.31. The molecule has 1 aliphatic rings. The smallest absolute Gasteiger partial charge is 0.429 e. The van der Waals surface area contributed by atoms with E-state index in [0.29, 0.717) is 90.5 Å². The topological polar surface area (TPSA) is 391 Å². The molecular formula is C54H79N9O21. The van der Waals surface area contributed by atoms with Gasteiger partial charge in [-0.1, -0.05) is 26.0 Å². The standard InChI is InChI=1S/C54H79N9O21/c1-38(2)49(52(70)60-43(5-4-19-57-53(55)71)51(69)58-40-8-6-39(7-9-40)37-83-54(72)84-42-12-10-41(11-13-42)63(73)74)61-45(64)15-14-44(59-46(65)18-21-62-47(66)16-17-48(62)67)50(68)56-20-22-76-25-26-78-29-30-80-33-34-82-36-35-81-32-31-79-28-27-77-24-23-75-3/h6-13,16-17,38,43-44,49H,4-5,14-15,18-37H2,1-3H3,(H,56,68)(H,58,69)(H,59,65)(H,60,70)(H,61,64)(H3,55,57,71)/t43-,44-,49-/m0/s1. The third-order valence-electron chi connectivity index (χ3n) is 11.7. The maximum Gasteiger partial charge on any atom is 0.514 e. The van der Waals surface area contributed by atoms with Crippen LogP contribution in [-0.4, -0.2) is 207 Å².